The Kier molecular flexibility index (Phi) is 4.90. The molecule has 10 heteroatoms. The van der Waals surface area contributed by atoms with Crippen molar-refractivity contribution in [2.24, 2.45) is 0 Å². The molecule has 30 heavy (non-hydrogen) atoms. The van der Waals surface area contributed by atoms with Crippen LogP contribution in [0.15, 0.2) is 59.4 Å². The van der Waals surface area contributed by atoms with Gasteiger partial charge in [0.15, 0.2) is 11.7 Å². The first-order valence-electron chi connectivity index (χ1n) is 8.90. The molecule has 7 nitrogen and oxygen atoms in total. The number of alkyl halides is 3. The van der Waals surface area contributed by atoms with Crippen molar-refractivity contribution in [1.29, 1.82) is 0 Å². The number of nitrogens with one attached hydrogen (secondary N) is 2. The summed E-state index contributed by atoms with van der Waals surface area (Å²) in [6.45, 7) is 0.360. The summed E-state index contributed by atoms with van der Waals surface area (Å²) < 4.78 is 44.1. The number of fused-ring (bicyclic) bond motifs is 1. The van der Waals surface area contributed by atoms with Crippen molar-refractivity contribution in [1.82, 2.24) is 19.7 Å². The molecule has 0 radical (unpaired) electrons. The van der Waals surface area contributed by atoms with Crippen molar-refractivity contribution in [3.63, 3.8) is 0 Å². The Morgan fingerprint density at radius 1 is 1.13 bits per heavy atom. The Bertz CT molecular complexity index is 1210. The Morgan fingerprint density at radius 3 is 2.70 bits per heavy atom. The predicted molar refractivity (Wildman–Crippen MR) is 104 cm³/mol. The Labute approximate surface area is 168 Å². The van der Waals surface area contributed by atoms with E-state index in [2.05, 4.69) is 15.3 Å². The second kappa shape index (κ2) is 7.54. The topological polar surface area (TPSA) is 84.5 Å². The molecule has 4 rings (SSSR count). The fraction of sp³-hybridized carbons (Fsp3) is 0.150. The zero-order chi connectivity index (χ0) is 21.3. The number of urea groups is 1. The van der Waals surface area contributed by atoms with Gasteiger partial charge in [-0.05, 0) is 24.3 Å². The molecule has 0 atom stereocenters. The normalized spacial score (nSPS) is 11.6. The molecule has 1 aromatic carbocycles. The maximum absolute atomic E-state index is 12.2. The highest BCUT2D eigenvalue weighted by Crippen LogP contribution is 2.27. The van der Waals surface area contributed by atoms with Crippen LogP contribution in [0, 0.1) is 6.92 Å². The van der Waals surface area contributed by atoms with Crippen molar-refractivity contribution in [2.75, 3.05) is 11.9 Å². The van der Waals surface area contributed by atoms with Gasteiger partial charge < -0.3 is 15.1 Å². The van der Waals surface area contributed by atoms with Gasteiger partial charge in [0, 0.05) is 29.9 Å². The number of carbonyl (C=O) groups is 1. The van der Waals surface area contributed by atoms with E-state index in [-0.39, 0.29) is 0 Å². The number of nitrogens with zero attached hydrogens (tertiary/aromatic N) is 3. The van der Waals surface area contributed by atoms with Crippen LogP contribution in [-0.4, -0.2) is 33.1 Å². The van der Waals surface area contributed by atoms with Crippen molar-refractivity contribution in [3.8, 4) is 22.6 Å². The second-order valence-electron chi connectivity index (χ2n) is 6.53. The summed E-state index contributed by atoms with van der Waals surface area (Å²) in [6.07, 6.45) is 0.678. The maximum atomic E-state index is 12.2. The van der Waals surface area contributed by atoms with E-state index in [1.807, 2.05) is 28.8 Å². The van der Waals surface area contributed by atoms with Gasteiger partial charge in [0.25, 0.3) is 0 Å². The van der Waals surface area contributed by atoms with E-state index in [4.69, 9.17) is 4.42 Å². The van der Waals surface area contributed by atoms with Gasteiger partial charge in [-0.1, -0.05) is 12.1 Å². The molecule has 0 fully saturated rings. The van der Waals surface area contributed by atoms with E-state index in [1.165, 1.54) is 0 Å². The van der Waals surface area contributed by atoms with Crippen LogP contribution in [0.5, 0.6) is 0 Å². The molecule has 3 heterocycles. The molecule has 0 spiro atoms. The van der Waals surface area contributed by atoms with Crippen LogP contribution in [0.2, 0.25) is 0 Å². The average molecular weight is 415 g/mol. The molecule has 154 valence electrons. The van der Waals surface area contributed by atoms with Gasteiger partial charge in [-0.15, -0.1) is 0 Å². The third-order valence-corrected chi connectivity index (χ3v) is 4.28. The van der Waals surface area contributed by atoms with Crippen LogP contribution in [0.3, 0.4) is 0 Å². The Hall–Kier alpha value is -3.82. The number of imidazole rings is 1. The second-order valence-corrected chi connectivity index (χ2v) is 6.53. The fourth-order valence-electron chi connectivity index (χ4n) is 2.95. The van der Waals surface area contributed by atoms with E-state index < -0.39 is 18.8 Å². The minimum Gasteiger partial charge on any atom is -0.441 e. The molecule has 0 aliphatic carbocycles. The first-order chi connectivity index (χ1) is 14.3. The molecule has 3 aromatic heterocycles. The van der Waals surface area contributed by atoms with E-state index in [1.54, 1.807) is 42.8 Å². The molecule has 0 saturated carbocycles. The number of rotatable bonds is 4. The first kappa shape index (κ1) is 19.5. The highest BCUT2D eigenvalue weighted by Gasteiger charge is 2.27. The van der Waals surface area contributed by atoms with Crippen molar-refractivity contribution < 1.29 is 22.4 Å². The third kappa shape index (κ3) is 4.27. The molecule has 2 amide bonds. The van der Waals surface area contributed by atoms with Crippen LogP contribution in [-0.2, 0) is 0 Å². The zero-order valence-electron chi connectivity index (χ0n) is 15.7. The number of carbonyl (C=O) groups excluding carboxylic acids is 1. The van der Waals surface area contributed by atoms with Crippen LogP contribution < -0.4 is 10.6 Å². The largest absolute Gasteiger partial charge is 0.441 e. The molecule has 4 aromatic rings. The van der Waals surface area contributed by atoms with E-state index in [0.29, 0.717) is 23.0 Å². The SMILES string of the molecule is Cc1ncc(-c2ccn3c(-c4cccc(NC(=O)NCC(F)(F)F)c4)cnc3c2)o1. The van der Waals surface area contributed by atoms with E-state index >= 15 is 0 Å². The van der Waals surface area contributed by atoms with Crippen LogP contribution in [0.25, 0.3) is 28.2 Å². The molecule has 0 saturated heterocycles. The summed E-state index contributed by atoms with van der Waals surface area (Å²) >= 11 is 0. The molecule has 0 unspecified atom stereocenters. The number of aromatic nitrogens is 3. The number of hydrogen-bond donors (Lipinski definition) is 2. The lowest BCUT2D eigenvalue weighted by Crippen LogP contribution is -2.36. The molecular formula is C20H16F3N5O2. The monoisotopic (exact) mass is 415 g/mol. The van der Waals surface area contributed by atoms with Gasteiger partial charge in [-0.3, -0.25) is 4.40 Å². The highest BCUT2D eigenvalue weighted by atomic mass is 19.4. The van der Waals surface area contributed by atoms with Gasteiger partial charge in [0.1, 0.15) is 12.2 Å². The van der Waals surface area contributed by atoms with Crippen molar-refractivity contribution in [3.05, 3.63) is 60.9 Å². The summed E-state index contributed by atoms with van der Waals surface area (Å²) in [5.74, 6) is 1.20. The number of hydrogen-bond acceptors (Lipinski definition) is 4. The zero-order valence-corrected chi connectivity index (χ0v) is 15.7. The minimum atomic E-state index is -4.47. The van der Waals surface area contributed by atoms with E-state index in [0.717, 1.165) is 16.8 Å². The van der Waals surface area contributed by atoms with Crippen LogP contribution in [0.4, 0.5) is 23.7 Å². The van der Waals surface area contributed by atoms with Gasteiger partial charge in [0.05, 0.1) is 18.1 Å². The number of amides is 2. The lowest BCUT2D eigenvalue weighted by Gasteiger charge is -2.10. The number of aryl methyl sites for hydroxylation is 1. The van der Waals surface area contributed by atoms with Gasteiger partial charge in [-0.2, -0.15) is 13.2 Å². The summed E-state index contributed by atoms with van der Waals surface area (Å²) in [6, 6.07) is 9.54. The van der Waals surface area contributed by atoms with Crippen LogP contribution >= 0.6 is 0 Å². The predicted octanol–water partition coefficient (Wildman–Crippen LogP) is 4.65. The molecule has 0 aliphatic rings. The van der Waals surface area contributed by atoms with Crippen LogP contribution in [0.1, 0.15) is 5.89 Å². The fourth-order valence-corrected chi connectivity index (χ4v) is 2.95. The number of halogens is 3. The molecule has 2 N–H and O–H groups in total. The third-order valence-electron chi connectivity index (χ3n) is 4.28. The lowest BCUT2D eigenvalue weighted by molar-refractivity contribution is -0.122. The Balaban J connectivity index is 1.57. The van der Waals surface area contributed by atoms with Crippen molar-refractivity contribution >= 4 is 17.4 Å². The van der Waals surface area contributed by atoms with Crippen molar-refractivity contribution in [2.45, 2.75) is 13.1 Å². The van der Waals surface area contributed by atoms with Gasteiger partial charge in [0.2, 0.25) is 0 Å². The summed E-state index contributed by atoms with van der Waals surface area (Å²) in [5, 5.41) is 4.17. The smallest absolute Gasteiger partial charge is 0.405 e. The number of benzene rings is 1. The van der Waals surface area contributed by atoms with Gasteiger partial charge >= 0.3 is 12.2 Å². The number of pyridine rings is 1. The maximum Gasteiger partial charge on any atom is 0.405 e. The molecule has 0 aliphatic heterocycles. The van der Waals surface area contributed by atoms with E-state index in [9.17, 15) is 18.0 Å². The summed E-state index contributed by atoms with van der Waals surface area (Å²) in [5.41, 5.74) is 3.36. The molecule has 0 bridgehead atoms. The molecular weight excluding hydrogens is 399 g/mol. The Morgan fingerprint density at radius 2 is 1.97 bits per heavy atom. The summed E-state index contributed by atoms with van der Waals surface area (Å²) in [7, 11) is 0. The minimum absolute atomic E-state index is 0.357. The highest BCUT2D eigenvalue weighted by molar-refractivity contribution is 5.90. The summed E-state index contributed by atoms with van der Waals surface area (Å²) in [4.78, 5) is 20.2. The van der Waals surface area contributed by atoms with Gasteiger partial charge in [-0.25, -0.2) is 14.8 Å². The lowest BCUT2D eigenvalue weighted by atomic mass is 10.1. The number of oxazole rings is 1. The average Bonchev–Trinajstić information content (AvgIpc) is 3.32. The first-order valence-corrected chi connectivity index (χ1v) is 8.90. The standard InChI is InChI=1S/C20H16F3N5O2/c1-12-24-10-17(30-12)14-5-6-28-16(9-25-18(28)8-14)13-3-2-4-15(7-13)27-19(29)26-11-20(21,22)23/h2-10H,11H2,1H3,(H2,26,27,29). The number of anilines is 1. The quantitative estimate of drug-likeness (QED) is 0.508.